The van der Waals surface area contributed by atoms with Crippen molar-refractivity contribution in [2.45, 2.75) is 93.8 Å². The van der Waals surface area contributed by atoms with Crippen LogP contribution in [0.4, 0.5) is 9.93 Å². The number of anilines is 1. The van der Waals surface area contributed by atoms with Crippen LogP contribution in [-0.2, 0) is 15.6 Å². The molecule has 2 aliphatic rings. The molecule has 0 aromatic carbocycles. The molecule has 10 heteroatoms. The minimum atomic E-state index is -1.64. The predicted molar refractivity (Wildman–Crippen MR) is 123 cm³/mol. The number of aliphatic carboxylic acids is 1. The lowest BCUT2D eigenvalue weighted by Crippen LogP contribution is -2.50. The largest absolute Gasteiger partial charge is 0.481 e. The second kappa shape index (κ2) is 13.8. The van der Waals surface area contributed by atoms with Crippen molar-refractivity contribution < 1.29 is 24.0 Å². The Balaban J connectivity index is 0.000000785. The first-order valence-corrected chi connectivity index (χ1v) is 13.4. The second-order valence-corrected chi connectivity index (χ2v) is 10.7. The molecular weight excluding hydrogens is 438 g/mol. The van der Waals surface area contributed by atoms with Crippen molar-refractivity contribution in [2.75, 3.05) is 17.7 Å². The summed E-state index contributed by atoms with van der Waals surface area (Å²) in [4.78, 5) is 30.0. The maximum absolute atomic E-state index is 13.1. The number of carboxylic acids is 1. The van der Waals surface area contributed by atoms with Crippen molar-refractivity contribution in [1.29, 1.82) is 0 Å². The van der Waals surface area contributed by atoms with E-state index in [1.54, 1.807) is 0 Å². The third-order valence-corrected chi connectivity index (χ3v) is 8.15. The summed E-state index contributed by atoms with van der Waals surface area (Å²) in [5, 5.41) is 19.9. The van der Waals surface area contributed by atoms with Crippen molar-refractivity contribution in [3.8, 4) is 0 Å². The van der Waals surface area contributed by atoms with Crippen molar-refractivity contribution in [2.24, 2.45) is 0 Å². The fraction of sp³-hybridized carbons (Fsp3) is 0.762. The maximum atomic E-state index is 13.1. The molecule has 3 N–H and O–H groups in total. The summed E-state index contributed by atoms with van der Waals surface area (Å²) in [6.45, 7) is 2.25. The van der Waals surface area contributed by atoms with Gasteiger partial charge in [0.25, 0.3) is 0 Å². The van der Waals surface area contributed by atoms with Crippen LogP contribution in [0.25, 0.3) is 0 Å². The smallest absolute Gasteiger partial charge is 0.324 e. The number of aliphatic hydroxyl groups excluding tert-OH is 1. The molecule has 2 amide bonds. The standard InChI is InChI=1S/C18H27N3O4S2.C3H8O/c22-15(23)12-27(25)16-11-19-17(26-16)20-18(24)21(13-7-3-1-4-8-13)14-9-5-2-6-10-14;1-2-3-4/h11,13-14H,1-10,12H2,(H,22,23)(H,19,20,24);4H,2-3H2,1H3. The van der Waals surface area contributed by atoms with Crippen LogP contribution >= 0.6 is 11.3 Å². The molecule has 3 rings (SSSR count). The van der Waals surface area contributed by atoms with Gasteiger partial charge in [0.2, 0.25) is 0 Å². The first kappa shape index (κ1) is 25.7. The SMILES string of the molecule is CCCO.O=C(O)CS(=O)c1cnc(NC(=O)N(C2CCCCC2)C2CCCCC2)s1. The number of hydrogen-bond donors (Lipinski definition) is 3. The highest BCUT2D eigenvalue weighted by atomic mass is 32.2. The minimum absolute atomic E-state index is 0.126. The van der Waals surface area contributed by atoms with Crippen LogP contribution < -0.4 is 5.32 Å². The third-order valence-electron chi connectivity index (χ3n) is 5.57. The average Bonchev–Trinajstić information content (AvgIpc) is 3.24. The fourth-order valence-corrected chi connectivity index (χ4v) is 5.97. The zero-order valence-electron chi connectivity index (χ0n) is 18.3. The number of aromatic nitrogens is 1. The van der Waals surface area contributed by atoms with Crippen LogP contribution in [0, 0.1) is 0 Å². The molecule has 1 atom stereocenters. The summed E-state index contributed by atoms with van der Waals surface area (Å²) in [5.41, 5.74) is 0. The number of hydrogen-bond acceptors (Lipinski definition) is 6. The van der Waals surface area contributed by atoms with E-state index in [0.717, 1.165) is 69.1 Å². The summed E-state index contributed by atoms with van der Waals surface area (Å²) in [7, 11) is -1.64. The highest BCUT2D eigenvalue weighted by Gasteiger charge is 2.33. The van der Waals surface area contributed by atoms with Crippen LogP contribution in [0.5, 0.6) is 0 Å². The van der Waals surface area contributed by atoms with Gasteiger partial charge in [0.1, 0.15) is 9.96 Å². The molecule has 0 saturated heterocycles. The van der Waals surface area contributed by atoms with Gasteiger partial charge in [-0.15, -0.1) is 0 Å². The van der Waals surface area contributed by atoms with E-state index in [0.29, 0.717) is 15.9 Å². The number of rotatable bonds is 7. The normalized spacial score (nSPS) is 18.5. The molecule has 31 heavy (non-hydrogen) atoms. The van der Waals surface area contributed by atoms with Crippen LogP contribution in [0.15, 0.2) is 10.4 Å². The zero-order valence-corrected chi connectivity index (χ0v) is 19.9. The van der Waals surface area contributed by atoms with Gasteiger partial charge >= 0.3 is 12.0 Å². The molecule has 2 saturated carbocycles. The van der Waals surface area contributed by atoms with E-state index in [4.69, 9.17) is 10.2 Å². The summed E-state index contributed by atoms with van der Waals surface area (Å²) in [6, 6.07) is 0.434. The van der Waals surface area contributed by atoms with E-state index >= 15 is 0 Å². The molecule has 0 aliphatic heterocycles. The molecule has 176 valence electrons. The lowest BCUT2D eigenvalue weighted by atomic mass is 9.89. The van der Waals surface area contributed by atoms with Crippen LogP contribution in [0.1, 0.15) is 77.6 Å². The van der Waals surface area contributed by atoms with Gasteiger partial charge in [-0.2, -0.15) is 0 Å². The van der Waals surface area contributed by atoms with Gasteiger partial charge in [0, 0.05) is 18.7 Å². The summed E-state index contributed by atoms with van der Waals surface area (Å²) in [5.74, 6) is -1.57. The third kappa shape index (κ3) is 8.50. The van der Waals surface area contributed by atoms with E-state index in [2.05, 4.69) is 10.3 Å². The molecular formula is C21H35N3O5S2. The van der Waals surface area contributed by atoms with Crippen molar-refractivity contribution in [3.05, 3.63) is 6.20 Å². The predicted octanol–water partition coefficient (Wildman–Crippen LogP) is 4.22. The highest BCUT2D eigenvalue weighted by molar-refractivity contribution is 7.88. The molecule has 0 bridgehead atoms. The second-order valence-electron chi connectivity index (χ2n) is 8.01. The number of nitrogens with zero attached hydrogens (tertiary/aromatic N) is 2. The van der Waals surface area contributed by atoms with E-state index in [1.165, 1.54) is 19.0 Å². The Labute approximate surface area is 190 Å². The van der Waals surface area contributed by atoms with Gasteiger partial charge in [-0.3, -0.25) is 14.3 Å². The molecule has 0 radical (unpaired) electrons. The number of urea groups is 1. The highest BCUT2D eigenvalue weighted by Crippen LogP contribution is 2.31. The van der Waals surface area contributed by atoms with E-state index < -0.39 is 22.5 Å². The average molecular weight is 474 g/mol. The van der Waals surface area contributed by atoms with E-state index in [-0.39, 0.29) is 18.1 Å². The van der Waals surface area contributed by atoms with Gasteiger partial charge in [0.15, 0.2) is 5.13 Å². The zero-order chi connectivity index (χ0) is 22.6. The number of thiazole rings is 1. The maximum Gasteiger partial charge on any atom is 0.324 e. The quantitative estimate of drug-likeness (QED) is 0.545. The van der Waals surface area contributed by atoms with Crippen molar-refractivity contribution in [3.63, 3.8) is 0 Å². The first-order chi connectivity index (χ1) is 15.0. The minimum Gasteiger partial charge on any atom is -0.481 e. The molecule has 1 heterocycles. The topological polar surface area (TPSA) is 120 Å². The Morgan fingerprint density at radius 3 is 2.10 bits per heavy atom. The number of amides is 2. The van der Waals surface area contributed by atoms with Crippen LogP contribution in [-0.4, -0.2) is 60.7 Å². The molecule has 0 spiro atoms. The number of nitrogens with one attached hydrogen (secondary N) is 1. The molecule has 8 nitrogen and oxygen atoms in total. The van der Waals surface area contributed by atoms with Crippen molar-refractivity contribution >= 4 is 39.3 Å². The number of carboxylic acid groups (broad SMARTS) is 1. The summed E-state index contributed by atoms with van der Waals surface area (Å²) in [6.07, 6.45) is 13.6. The monoisotopic (exact) mass is 473 g/mol. The number of carbonyl (C=O) groups excluding carboxylic acids is 1. The van der Waals surface area contributed by atoms with Gasteiger partial charge in [-0.25, -0.2) is 9.78 Å². The lowest BCUT2D eigenvalue weighted by molar-refractivity contribution is -0.133. The Morgan fingerprint density at radius 1 is 1.13 bits per heavy atom. The van der Waals surface area contributed by atoms with Crippen molar-refractivity contribution in [1.82, 2.24) is 9.88 Å². The van der Waals surface area contributed by atoms with E-state index in [9.17, 15) is 13.8 Å². The summed E-state index contributed by atoms with van der Waals surface area (Å²) >= 11 is 1.09. The summed E-state index contributed by atoms with van der Waals surface area (Å²) < 4.78 is 12.3. The van der Waals surface area contributed by atoms with Gasteiger partial charge in [-0.05, 0) is 32.1 Å². The van der Waals surface area contributed by atoms with Crippen LogP contribution in [0.2, 0.25) is 0 Å². The van der Waals surface area contributed by atoms with Crippen LogP contribution in [0.3, 0.4) is 0 Å². The Kier molecular flexibility index (Phi) is 11.5. The van der Waals surface area contributed by atoms with Gasteiger partial charge < -0.3 is 15.1 Å². The number of carbonyl (C=O) groups is 2. The Morgan fingerprint density at radius 2 is 1.65 bits per heavy atom. The molecule has 1 aromatic rings. The fourth-order valence-electron chi connectivity index (χ4n) is 4.11. The Bertz CT molecular complexity index is 696. The molecule has 2 aliphatic carbocycles. The first-order valence-electron chi connectivity index (χ1n) is 11.2. The molecule has 1 unspecified atom stereocenters. The molecule has 1 aromatic heterocycles. The van der Waals surface area contributed by atoms with Gasteiger partial charge in [-0.1, -0.05) is 56.8 Å². The number of aliphatic hydroxyl groups is 1. The lowest BCUT2D eigenvalue weighted by Gasteiger charge is -2.41. The van der Waals surface area contributed by atoms with Gasteiger partial charge in [0.05, 0.1) is 17.0 Å². The Hall–Kier alpha value is -1.52. The molecule has 2 fully saturated rings. The van der Waals surface area contributed by atoms with E-state index in [1.807, 2.05) is 11.8 Å².